The van der Waals surface area contributed by atoms with Crippen molar-refractivity contribution in [2.45, 2.75) is 32.7 Å². The summed E-state index contributed by atoms with van der Waals surface area (Å²) in [5, 5.41) is 2.36. The Kier molecular flexibility index (Phi) is 6.33. The van der Waals surface area contributed by atoms with E-state index in [2.05, 4.69) is 10.1 Å². The SMILES string of the molecule is CCOC(=O)C1(C(=O)OCC)CC(C(NC=O)C(=O)OC)C1. The van der Waals surface area contributed by atoms with Gasteiger partial charge in [-0.15, -0.1) is 0 Å². The van der Waals surface area contributed by atoms with Crippen LogP contribution in [0.2, 0.25) is 0 Å². The second kappa shape index (κ2) is 7.77. The first-order chi connectivity index (χ1) is 10.5. The Hall–Kier alpha value is -2.12. The van der Waals surface area contributed by atoms with E-state index >= 15 is 0 Å². The molecule has 0 aromatic rings. The van der Waals surface area contributed by atoms with E-state index in [1.54, 1.807) is 13.8 Å². The summed E-state index contributed by atoms with van der Waals surface area (Å²) in [6.07, 6.45) is 0.507. The summed E-state index contributed by atoms with van der Waals surface area (Å²) in [7, 11) is 1.20. The van der Waals surface area contributed by atoms with Crippen LogP contribution in [0.4, 0.5) is 0 Å². The van der Waals surface area contributed by atoms with E-state index in [4.69, 9.17) is 9.47 Å². The largest absolute Gasteiger partial charge is 0.467 e. The smallest absolute Gasteiger partial charge is 0.328 e. The number of methoxy groups -OCH3 is 1. The lowest BCUT2D eigenvalue weighted by molar-refractivity contribution is -0.186. The number of esters is 3. The van der Waals surface area contributed by atoms with E-state index < -0.39 is 35.3 Å². The minimum atomic E-state index is -1.41. The number of nitrogens with one attached hydrogen (secondary N) is 1. The first-order valence-corrected chi connectivity index (χ1v) is 7.08. The number of hydrogen-bond acceptors (Lipinski definition) is 7. The third kappa shape index (κ3) is 3.37. The molecule has 0 aromatic heterocycles. The molecule has 1 rings (SSSR count). The van der Waals surface area contributed by atoms with Crippen LogP contribution in [0.5, 0.6) is 0 Å². The number of carbonyl (C=O) groups is 4. The van der Waals surface area contributed by atoms with E-state index in [-0.39, 0.29) is 26.1 Å². The van der Waals surface area contributed by atoms with Gasteiger partial charge in [0.05, 0.1) is 20.3 Å². The fourth-order valence-electron chi connectivity index (χ4n) is 2.62. The van der Waals surface area contributed by atoms with Crippen LogP contribution < -0.4 is 5.32 Å². The van der Waals surface area contributed by atoms with Gasteiger partial charge in [0.25, 0.3) is 0 Å². The van der Waals surface area contributed by atoms with Crippen molar-refractivity contribution in [2.75, 3.05) is 20.3 Å². The molecule has 0 bridgehead atoms. The average molecular weight is 315 g/mol. The minimum Gasteiger partial charge on any atom is -0.467 e. The third-order valence-corrected chi connectivity index (χ3v) is 3.73. The summed E-state index contributed by atoms with van der Waals surface area (Å²) in [5.74, 6) is -2.36. The number of carbonyl (C=O) groups excluding carboxylic acids is 4. The van der Waals surface area contributed by atoms with Crippen LogP contribution in [-0.2, 0) is 33.4 Å². The van der Waals surface area contributed by atoms with E-state index in [0.29, 0.717) is 6.41 Å². The van der Waals surface area contributed by atoms with Gasteiger partial charge in [-0.05, 0) is 32.6 Å². The van der Waals surface area contributed by atoms with Crippen molar-refractivity contribution >= 4 is 24.3 Å². The fraction of sp³-hybridized carbons (Fsp3) is 0.714. The molecule has 8 nitrogen and oxygen atoms in total. The van der Waals surface area contributed by atoms with Crippen LogP contribution in [0.25, 0.3) is 0 Å². The Morgan fingerprint density at radius 1 is 1.18 bits per heavy atom. The van der Waals surface area contributed by atoms with Crippen molar-refractivity contribution in [1.29, 1.82) is 0 Å². The van der Waals surface area contributed by atoms with E-state index in [1.165, 1.54) is 7.11 Å². The van der Waals surface area contributed by atoms with E-state index in [1.807, 2.05) is 0 Å². The zero-order valence-corrected chi connectivity index (χ0v) is 12.9. The highest BCUT2D eigenvalue weighted by Crippen LogP contribution is 2.49. The fourth-order valence-corrected chi connectivity index (χ4v) is 2.62. The Labute approximate surface area is 128 Å². The maximum Gasteiger partial charge on any atom is 0.328 e. The topological polar surface area (TPSA) is 108 Å². The van der Waals surface area contributed by atoms with Crippen molar-refractivity contribution in [3.8, 4) is 0 Å². The number of amides is 1. The normalized spacial score (nSPS) is 17.6. The van der Waals surface area contributed by atoms with Gasteiger partial charge >= 0.3 is 17.9 Å². The quantitative estimate of drug-likeness (QED) is 0.286. The van der Waals surface area contributed by atoms with Crippen LogP contribution in [-0.4, -0.2) is 50.7 Å². The maximum atomic E-state index is 12.1. The molecule has 1 unspecified atom stereocenters. The molecule has 0 spiro atoms. The Morgan fingerprint density at radius 3 is 2.05 bits per heavy atom. The maximum absolute atomic E-state index is 12.1. The molecule has 124 valence electrons. The molecule has 8 heteroatoms. The lowest BCUT2D eigenvalue weighted by atomic mass is 9.59. The Balaban J connectivity index is 2.88. The molecular formula is C14H21NO7. The highest BCUT2D eigenvalue weighted by Gasteiger charge is 2.61. The number of ether oxygens (including phenoxy) is 3. The molecule has 1 fully saturated rings. The van der Waals surface area contributed by atoms with Crippen LogP contribution in [0.1, 0.15) is 26.7 Å². The first kappa shape index (κ1) is 17.9. The summed E-state index contributed by atoms with van der Waals surface area (Å²) in [5.41, 5.74) is -1.41. The van der Waals surface area contributed by atoms with Crippen molar-refractivity contribution in [1.82, 2.24) is 5.32 Å². The van der Waals surface area contributed by atoms with Gasteiger partial charge in [0, 0.05) is 0 Å². The van der Waals surface area contributed by atoms with E-state index in [0.717, 1.165) is 0 Å². The highest BCUT2D eigenvalue weighted by molar-refractivity contribution is 6.01. The van der Waals surface area contributed by atoms with Gasteiger partial charge in [-0.2, -0.15) is 0 Å². The first-order valence-electron chi connectivity index (χ1n) is 7.08. The zero-order chi connectivity index (χ0) is 16.8. The van der Waals surface area contributed by atoms with Gasteiger partial charge < -0.3 is 19.5 Å². The van der Waals surface area contributed by atoms with Gasteiger partial charge in [0.1, 0.15) is 6.04 Å². The highest BCUT2D eigenvalue weighted by atomic mass is 16.6. The zero-order valence-electron chi connectivity index (χ0n) is 12.9. The number of rotatable bonds is 8. The molecule has 1 aliphatic rings. The molecule has 22 heavy (non-hydrogen) atoms. The predicted octanol–water partition coefficient (Wildman–Crippen LogP) is -0.203. The molecule has 0 saturated heterocycles. The summed E-state index contributed by atoms with van der Waals surface area (Å²) in [6.45, 7) is 3.55. The van der Waals surface area contributed by atoms with E-state index in [9.17, 15) is 19.2 Å². The standard InChI is InChI=1S/C14H21NO7/c1-4-21-12(18)14(13(19)22-5-2)6-9(7-14)10(15-8-16)11(17)20-3/h8-10H,4-7H2,1-3H3,(H,15,16). The van der Waals surface area contributed by atoms with Gasteiger partial charge in [0.2, 0.25) is 6.41 Å². The van der Waals surface area contributed by atoms with Gasteiger partial charge in [-0.1, -0.05) is 0 Å². The molecule has 1 amide bonds. The van der Waals surface area contributed by atoms with Crippen LogP contribution >= 0.6 is 0 Å². The molecule has 0 radical (unpaired) electrons. The molecule has 1 atom stereocenters. The monoisotopic (exact) mass is 315 g/mol. The molecule has 0 aromatic carbocycles. The van der Waals surface area contributed by atoms with Crippen LogP contribution in [0, 0.1) is 11.3 Å². The summed E-state index contributed by atoms with van der Waals surface area (Å²) in [4.78, 5) is 46.5. The van der Waals surface area contributed by atoms with Crippen molar-refractivity contribution < 1.29 is 33.4 Å². The second-order valence-electron chi connectivity index (χ2n) is 4.98. The van der Waals surface area contributed by atoms with Crippen LogP contribution in [0.15, 0.2) is 0 Å². The summed E-state index contributed by atoms with van der Waals surface area (Å²) >= 11 is 0. The molecule has 1 saturated carbocycles. The molecule has 1 N–H and O–H groups in total. The summed E-state index contributed by atoms with van der Waals surface area (Å²) in [6, 6.07) is -0.903. The molecule has 0 aliphatic heterocycles. The van der Waals surface area contributed by atoms with Crippen molar-refractivity contribution in [2.24, 2.45) is 11.3 Å². The molecule has 0 heterocycles. The summed E-state index contributed by atoms with van der Waals surface area (Å²) < 4.78 is 14.5. The third-order valence-electron chi connectivity index (χ3n) is 3.73. The average Bonchev–Trinajstić information content (AvgIpc) is 2.45. The predicted molar refractivity (Wildman–Crippen MR) is 73.4 cm³/mol. The Morgan fingerprint density at radius 2 is 1.68 bits per heavy atom. The van der Waals surface area contributed by atoms with Crippen LogP contribution in [0.3, 0.4) is 0 Å². The minimum absolute atomic E-state index is 0.0608. The molecular weight excluding hydrogens is 294 g/mol. The second-order valence-corrected chi connectivity index (χ2v) is 4.98. The van der Waals surface area contributed by atoms with Gasteiger partial charge in [-0.25, -0.2) is 4.79 Å². The lowest BCUT2D eigenvalue weighted by Crippen LogP contribution is -2.58. The van der Waals surface area contributed by atoms with Gasteiger partial charge in [-0.3, -0.25) is 14.4 Å². The number of hydrogen-bond donors (Lipinski definition) is 1. The lowest BCUT2D eigenvalue weighted by Gasteiger charge is -2.45. The Bertz CT molecular complexity index is 422. The van der Waals surface area contributed by atoms with Crippen molar-refractivity contribution in [3.63, 3.8) is 0 Å². The molecule has 1 aliphatic carbocycles. The van der Waals surface area contributed by atoms with Crippen molar-refractivity contribution in [3.05, 3.63) is 0 Å². The van der Waals surface area contributed by atoms with Gasteiger partial charge in [0.15, 0.2) is 5.41 Å².